The van der Waals surface area contributed by atoms with E-state index in [-0.39, 0.29) is 0 Å². The second-order valence-corrected chi connectivity index (χ2v) is 4.26. The van der Waals surface area contributed by atoms with Gasteiger partial charge in [-0.05, 0) is 31.5 Å². The third-order valence-electron chi connectivity index (χ3n) is 2.96. The SMILES string of the molecule is CNC(Cc1nnn(C)n1)CC1CCCO1. The number of nitrogens with zero attached hydrogens (tertiary/aromatic N) is 4. The highest BCUT2D eigenvalue weighted by atomic mass is 16.5. The molecule has 1 saturated heterocycles. The van der Waals surface area contributed by atoms with Crippen LogP contribution in [0.4, 0.5) is 0 Å². The molecule has 0 bridgehead atoms. The number of aromatic nitrogens is 4. The van der Waals surface area contributed by atoms with Crippen LogP contribution in [0.3, 0.4) is 0 Å². The van der Waals surface area contributed by atoms with Crippen molar-refractivity contribution in [2.75, 3.05) is 13.7 Å². The van der Waals surface area contributed by atoms with E-state index in [9.17, 15) is 0 Å². The first-order valence-corrected chi connectivity index (χ1v) is 5.79. The summed E-state index contributed by atoms with van der Waals surface area (Å²) in [5.74, 6) is 0.792. The van der Waals surface area contributed by atoms with Crippen molar-refractivity contribution in [3.05, 3.63) is 5.82 Å². The van der Waals surface area contributed by atoms with E-state index in [4.69, 9.17) is 4.74 Å². The van der Waals surface area contributed by atoms with Gasteiger partial charge in [0.15, 0.2) is 5.82 Å². The zero-order chi connectivity index (χ0) is 11.4. The molecule has 0 aliphatic carbocycles. The zero-order valence-electron chi connectivity index (χ0n) is 9.89. The van der Waals surface area contributed by atoms with Crippen LogP contribution in [0, 0.1) is 0 Å². The molecule has 0 spiro atoms. The molecule has 16 heavy (non-hydrogen) atoms. The Morgan fingerprint density at radius 3 is 3.06 bits per heavy atom. The number of ether oxygens (including phenoxy) is 1. The molecule has 1 aromatic heterocycles. The summed E-state index contributed by atoms with van der Waals surface area (Å²) < 4.78 is 5.63. The van der Waals surface area contributed by atoms with E-state index in [0.29, 0.717) is 12.1 Å². The molecule has 1 aromatic rings. The summed E-state index contributed by atoms with van der Waals surface area (Å²) in [7, 11) is 3.75. The van der Waals surface area contributed by atoms with Gasteiger partial charge in [0.1, 0.15) is 0 Å². The van der Waals surface area contributed by atoms with Gasteiger partial charge in [0.05, 0.1) is 13.2 Å². The lowest BCUT2D eigenvalue weighted by molar-refractivity contribution is 0.0952. The maximum absolute atomic E-state index is 5.63. The maximum atomic E-state index is 5.63. The van der Waals surface area contributed by atoms with E-state index in [1.807, 2.05) is 7.05 Å². The van der Waals surface area contributed by atoms with Crippen molar-refractivity contribution in [3.8, 4) is 0 Å². The molecule has 1 N–H and O–H groups in total. The lowest BCUT2D eigenvalue weighted by Crippen LogP contribution is -2.32. The van der Waals surface area contributed by atoms with E-state index in [0.717, 1.165) is 25.3 Å². The molecule has 1 aliphatic rings. The zero-order valence-corrected chi connectivity index (χ0v) is 9.89. The van der Waals surface area contributed by atoms with E-state index in [1.165, 1.54) is 17.6 Å². The van der Waals surface area contributed by atoms with Crippen LogP contribution in [-0.2, 0) is 18.2 Å². The van der Waals surface area contributed by atoms with Crippen molar-refractivity contribution in [2.45, 2.75) is 37.8 Å². The third-order valence-corrected chi connectivity index (χ3v) is 2.96. The van der Waals surface area contributed by atoms with Gasteiger partial charge in [-0.15, -0.1) is 10.2 Å². The van der Waals surface area contributed by atoms with Crippen LogP contribution < -0.4 is 5.32 Å². The van der Waals surface area contributed by atoms with E-state index in [2.05, 4.69) is 20.7 Å². The molecule has 1 aliphatic heterocycles. The Bertz CT molecular complexity index is 321. The Kier molecular flexibility index (Phi) is 3.84. The number of nitrogens with one attached hydrogen (secondary N) is 1. The predicted octanol–water partition coefficient (Wildman–Crippen LogP) is -0.0903. The Morgan fingerprint density at radius 2 is 2.50 bits per heavy atom. The van der Waals surface area contributed by atoms with Crippen LogP contribution in [0.5, 0.6) is 0 Å². The average Bonchev–Trinajstić information content (AvgIpc) is 2.89. The summed E-state index contributed by atoms with van der Waals surface area (Å²) in [4.78, 5) is 1.49. The molecular formula is C10H19N5O. The van der Waals surface area contributed by atoms with E-state index < -0.39 is 0 Å². The van der Waals surface area contributed by atoms with Crippen molar-refractivity contribution >= 4 is 0 Å². The van der Waals surface area contributed by atoms with Crippen LogP contribution in [0.15, 0.2) is 0 Å². The summed E-state index contributed by atoms with van der Waals surface area (Å²) in [6.45, 7) is 0.907. The first kappa shape index (κ1) is 11.5. The number of rotatable bonds is 5. The largest absolute Gasteiger partial charge is 0.378 e. The second-order valence-electron chi connectivity index (χ2n) is 4.26. The molecule has 1 fully saturated rings. The van der Waals surface area contributed by atoms with Crippen LogP contribution in [0.25, 0.3) is 0 Å². The van der Waals surface area contributed by atoms with Gasteiger partial charge in [0, 0.05) is 19.1 Å². The van der Waals surface area contributed by atoms with Crippen molar-refractivity contribution in [3.63, 3.8) is 0 Å². The summed E-state index contributed by atoms with van der Waals surface area (Å²) in [5.41, 5.74) is 0. The van der Waals surface area contributed by atoms with Gasteiger partial charge in [-0.1, -0.05) is 0 Å². The molecule has 2 atom stereocenters. The van der Waals surface area contributed by atoms with Crippen LogP contribution in [0.1, 0.15) is 25.1 Å². The Hall–Kier alpha value is -1.01. The minimum atomic E-state index is 0.368. The summed E-state index contributed by atoms with van der Waals surface area (Å²) in [5, 5.41) is 15.3. The highest BCUT2D eigenvalue weighted by Crippen LogP contribution is 2.17. The predicted molar refractivity (Wildman–Crippen MR) is 58.9 cm³/mol. The summed E-state index contributed by atoms with van der Waals surface area (Å²) in [6, 6.07) is 0.368. The van der Waals surface area contributed by atoms with Gasteiger partial charge in [-0.2, -0.15) is 4.80 Å². The van der Waals surface area contributed by atoms with Crippen molar-refractivity contribution < 1.29 is 4.74 Å². The normalized spacial score (nSPS) is 22.5. The molecule has 0 amide bonds. The lowest BCUT2D eigenvalue weighted by atomic mass is 10.0. The van der Waals surface area contributed by atoms with Crippen LogP contribution >= 0.6 is 0 Å². The number of tetrazole rings is 1. The number of hydrogen-bond acceptors (Lipinski definition) is 5. The minimum Gasteiger partial charge on any atom is -0.378 e. The Balaban J connectivity index is 1.84. The molecular weight excluding hydrogens is 206 g/mol. The minimum absolute atomic E-state index is 0.368. The van der Waals surface area contributed by atoms with Gasteiger partial charge in [0.25, 0.3) is 0 Å². The van der Waals surface area contributed by atoms with Gasteiger partial charge in [-0.3, -0.25) is 0 Å². The average molecular weight is 225 g/mol. The van der Waals surface area contributed by atoms with E-state index in [1.54, 1.807) is 7.05 Å². The van der Waals surface area contributed by atoms with E-state index >= 15 is 0 Å². The fraction of sp³-hybridized carbons (Fsp3) is 0.900. The monoisotopic (exact) mass is 225 g/mol. The van der Waals surface area contributed by atoms with Gasteiger partial charge >= 0.3 is 0 Å². The summed E-state index contributed by atoms with van der Waals surface area (Å²) >= 11 is 0. The first-order valence-electron chi connectivity index (χ1n) is 5.79. The Labute approximate surface area is 95.4 Å². The van der Waals surface area contributed by atoms with Crippen LogP contribution in [0.2, 0.25) is 0 Å². The fourth-order valence-corrected chi connectivity index (χ4v) is 2.08. The molecule has 0 radical (unpaired) electrons. The van der Waals surface area contributed by atoms with Crippen molar-refractivity contribution in [1.29, 1.82) is 0 Å². The highest BCUT2D eigenvalue weighted by molar-refractivity contribution is 4.86. The standard InChI is InChI=1S/C10H19N5O/c1-11-8(6-9-4-3-5-16-9)7-10-12-14-15(2)13-10/h8-9,11H,3-7H2,1-2H3. The van der Waals surface area contributed by atoms with Gasteiger partial charge in [0.2, 0.25) is 0 Å². The van der Waals surface area contributed by atoms with Crippen molar-refractivity contribution in [2.24, 2.45) is 7.05 Å². The third kappa shape index (κ3) is 2.99. The quantitative estimate of drug-likeness (QED) is 0.758. The molecule has 6 nitrogen and oxygen atoms in total. The summed E-state index contributed by atoms with van der Waals surface area (Å²) in [6.07, 6.45) is 4.59. The number of likely N-dealkylation sites (N-methyl/N-ethyl adjacent to an activating group) is 1. The van der Waals surface area contributed by atoms with Gasteiger partial charge < -0.3 is 10.1 Å². The molecule has 0 saturated carbocycles. The topological polar surface area (TPSA) is 64.9 Å². The smallest absolute Gasteiger partial charge is 0.176 e. The molecule has 0 aromatic carbocycles. The number of aryl methyl sites for hydroxylation is 1. The number of hydrogen-bond donors (Lipinski definition) is 1. The Morgan fingerprint density at radius 1 is 1.62 bits per heavy atom. The molecule has 2 rings (SSSR count). The molecule has 90 valence electrons. The first-order chi connectivity index (χ1) is 7.78. The van der Waals surface area contributed by atoms with Crippen molar-refractivity contribution in [1.82, 2.24) is 25.5 Å². The second kappa shape index (κ2) is 5.36. The molecule has 6 heteroatoms. The highest BCUT2D eigenvalue weighted by Gasteiger charge is 2.21. The maximum Gasteiger partial charge on any atom is 0.176 e. The molecule has 2 heterocycles. The van der Waals surface area contributed by atoms with Crippen LogP contribution in [-0.4, -0.2) is 46.0 Å². The lowest BCUT2D eigenvalue weighted by Gasteiger charge is -2.18. The fourth-order valence-electron chi connectivity index (χ4n) is 2.08. The van der Waals surface area contributed by atoms with Gasteiger partial charge in [-0.25, -0.2) is 0 Å². The molecule has 2 unspecified atom stereocenters.